The smallest absolute Gasteiger partial charge is 0.318 e. The fourth-order valence-electron chi connectivity index (χ4n) is 2.47. The van der Waals surface area contributed by atoms with E-state index in [1.165, 1.54) is 30.1 Å². The second-order valence-corrected chi connectivity index (χ2v) is 5.73. The molecule has 2 heterocycles. The predicted molar refractivity (Wildman–Crippen MR) is 99.3 cm³/mol. The van der Waals surface area contributed by atoms with Crippen molar-refractivity contribution in [2.24, 2.45) is 7.05 Å². The summed E-state index contributed by atoms with van der Waals surface area (Å²) in [4.78, 5) is 22.5. The van der Waals surface area contributed by atoms with E-state index in [1.807, 2.05) is 12.1 Å². The summed E-state index contributed by atoms with van der Waals surface area (Å²) in [6.45, 7) is 0.174. The molecule has 0 saturated heterocycles. The van der Waals surface area contributed by atoms with E-state index in [4.69, 9.17) is 13.9 Å². The summed E-state index contributed by atoms with van der Waals surface area (Å²) in [5.41, 5.74) is -0.572. The van der Waals surface area contributed by atoms with Crippen LogP contribution >= 0.6 is 0 Å². The SMILES string of the molecule is COc1ccccc1OCc1ccc(/C=C/C(=O)c2nn(C)cc2[N+](=O)[O-])o1. The van der Waals surface area contributed by atoms with Gasteiger partial charge >= 0.3 is 5.69 Å². The first kappa shape index (κ1) is 18.9. The molecule has 0 spiro atoms. The lowest BCUT2D eigenvalue weighted by Gasteiger charge is -2.08. The number of methoxy groups -OCH3 is 1. The zero-order valence-electron chi connectivity index (χ0n) is 15.2. The van der Waals surface area contributed by atoms with Crippen molar-refractivity contribution < 1.29 is 23.6 Å². The highest BCUT2D eigenvalue weighted by atomic mass is 16.6. The molecule has 1 aromatic carbocycles. The third kappa shape index (κ3) is 4.26. The van der Waals surface area contributed by atoms with Crippen molar-refractivity contribution in [3.63, 3.8) is 0 Å². The van der Waals surface area contributed by atoms with Crippen LogP contribution in [0.5, 0.6) is 11.5 Å². The Morgan fingerprint density at radius 1 is 1.29 bits per heavy atom. The number of allylic oxidation sites excluding steroid dienone is 1. The monoisotopic (exact) mass is 383 g/mol. The first-order chi connectivity index (χ1) is 13.5. The molecule has 9 heteroatoms. The first-order valence-corrected chi connectivity index (χ1v) is 8.23. The standard InChI is InChI=1S/C19H17N3O6/c1-21-11-15(22(24)25)19(20-21)16(23)10-9-13-7-8-14(28-13)12-27-18-6-4-3-5-17(18)26-2/h3-11H,12H2,1-2H3/b10-9+. The molecule has 0 atom stereocenters. The maximum atomic E-state index is 12.2. The van der Waals surface area contributed by atoms with Gasteiger partial charge in [-0.1, -0.05) is 12.1 Å². The minimum atomic E-state index is -0.645. The van der Waals surface area contributed by atoms with Crippen molar-refractivity contribution in [3.8, 4) is 11.5 Å². The van der Waals surface area contributed by atoms with Crippen molar-refractivity contribution in [2.75, 3.05) is 7.11 Å². The van der Waals surface area contributed by atoms with Gasteiger partial charge in [0.25, 0.3) is 0 Å². The Kier molecular flexibility index (Phi) is 5.54. The molecule has 0 aliphatic carbocycles. The lowest BCUT2D eigenvalue weighted by Crippen LogP contribution is -2.00. The number of carbonyl (C=O) groups is 1. The molecule has 0 bridgehead atoms. The van der Waals surface area contributed by atoms with Gasteiger partial charge in [0.05, 0.1) is 12.0 Å². The van der Waals surface area contributed by atoms with Gasteiger partial charge in [-0.3, -0.25) is 19.6 Å². The molecule has 0 aliphatic heterocycles. The van der Waals surface area contributed by atoms with Gasteiger partial charge in [-0.2, -0.15) is 5.10 Å². The van der Waals surface area contributed by atoms with E-state index in [0.717, 1.165) is 0 Å². The Hall–Kier alpha value is -3.88. The van der Waals surface area contributed by atoms with Crippen LogP contribution in [-0.2, 0) is 13.7 Å². The lowest BCUT2D eigenvalue weighted by atomic mass is 10.2. The quantitative estimate of drug-likeness (QED) is 0.254. The van der Waals surface area contributed by atoms with Crippen LogP contribution < -0.4 is 9.47 Å². The van der Waals surface area contributed by atoms with E-state index in [-0.39, 0.29) is 18.0 Å². The Balaban J connectivity index is 1.66. The maximum absolute atomic E-state index is 12.2. The number of furan rings is 1. The maximum Gasteiger partial charge on any atom is 0.318 e. The van der Waals surface area contributed by atoms with Gasteiger partial charge in [0, 0.05) is 7.05 Å². The molecule has 3 aromatic rings. The number of benzene rings is 1. The fourth-order valence-corrected chi connectivity index (χ4v) is 2.47. The fraction of sp³-hybridized carbons (Fsp3) is 0.158. The summed E-state index contributed by atoms with van der Waals surface area (Å²) in [6.07, 6.45) is 3.79. The van der Waals surface area contributed by atoms with E-state index in [2.05, 4.69) is 5.10 Å². The molecule has 28 heavy (non-hydrogen) atoms. The van der Waals surface area contributed by atoms with Crippen molar-refractivity contribution in [2.45, 2.75) is 6.61 Å². The lowest BCUT2D eigenvalue weighted by molar-refractivity contribution is -0.385. The third-order valence-electron chi connectivity index (χ3n) is 3.76. The summed E-state index contributed by atoms with van der Waals surface area (Å²) in [7, 11) is 3.06. The average Bonchev–Trinajstić information content (AvgIpc) is 3.31. The zero-order chi connectivity index (χ0) is 20.1. The Morgan fingerprint density at radius 3 is 2.75 bits per heavy atom. The molecule has 2 aromatic heterocycles. The number of aromatic nitrogens is 2. The predicted octanol–water partition coefficient (Wildman–Crippen LogP) is 3.41. The third-order valence-corrected chi connectivity index (χ3v) is 3.76. The number of nitro groups is 1. The molecule has 144 valence electrons. The number of para-hydroxylation sites is 2. The van der Waals surface area contributed by atoms with Crippen LogP contribution in [0.3, 0.4) is 0 Å². The van der Waals surface area contributed by atoms with Crippen LogP contribution in [0.25, 0.3) is 6.08 Å². The van der Waals surface area contributed by atoms with Gasteiger partial charge in [0.15, 0.2) is 11.5 Å². The van der Waals surface area contributed by atoms with Gasteiger partial charge in [0.2, 0.25) is 11.5 Å². The first-order valence-electron chi connectivity index (χ1n) is 8.23. The highest BCUT2D eigenvalue weighted by Gasteiger charge is 2.23. The molecule has 0 fully saturated rings. The molecular formula is C19H17N3O6. The van der Waals surface area contributed by atoms with Crippen LogP contribution in [0.2, 0.25) is 0 Å². The molecule has 9 nitrogen and oxygen atoms in total. The molecule has 0 unspecified atom stereocenters. The summed E-state index contributed by atoms with van der Waals surface area (Å²) in [6, 6.07) is 10.6. The van der Waals surface area contributed by atoms with E-state index in [1.54, 1.807) is 31.4 Å². The molecule has 3 rings (SSSR count). The Morgan fingerprint density at radius 2 is 2.04 bits per heavy atom. The van der Waals surface area contributed by atoms with Crippen molar-refractivity contribution in [1.82, 2.24) is 9.78 Å². The largest absolute Gasteiger partial charge is 0.493 e. The molecule has 0 radical (unpaired) electrons. The number of nitrogens with zero attached hydrogens (tertiary/aromatic N) is 3. The van der Waals surface area contributed by atoms with E-state index in [9.17, 15) is 14.9 Å². The molecule has 0 aliphatic rings. The highest BCUT2D eigenvalue weighted by molar-refractivity contribution is 6.07. The van der Waals surface area contributed by atoms with E-state index >= 15 is 0 Å². The van der Waals surface area contributed by atoms with Crippen molar-refractivity contribution >= 4 is 17.5 Å². The topological polar surface area (TPSA) is 110 Å². The minimum absolute atomic E-state index is 0.174. The minimum Gasteiger partial charge on any atom is -0.493 e. The van der Waals surface area contributed by atoms with Crippen LogP contribution in [-0.4, -0.2) is 27.6 Å². The molecule has 0 saturated carbocycles. The summed E-state index contributed by atoms with van der Waals surface area (Å²) in [5.74, 6) is 1.55. The van der Waals surface area contributed by atoms with E-state index in [0.29, 0.717) is 23.0 Å². The van der Waals surface area contributed by atoms with Crippen molar-refractivity contribution in [1.29, 1.82) is 0 Å². The Bertz CT molecular complexity index is 1030. The van der Waals surface area contributed by atoms with Gasteiger partial charge in [-0.25, -0.2) is 0 Å². The number of carbonyl (C=O) groups excluding carboxylic acids is 1. The van der Waals surface area contributed by atoms with Gasteiger partial charge in [0.1, 0.15) is 24.3 Å². The number of ether oxygens (including phenoxy) is 2. The number of hydrogen-bond acceptors (Lipinski definition) is 7. The second kappa shape index (κ2) is 8.21. The van der Waals surface area contributed by atoms with Crippen LogP contribution in [0.1, 0.15) is 22.0 Å². The van der Waals surface area contributed by atoms with Gasteiger partial charge < -0.3 is 13.9 Å². The zero-order valence-corrected chi connectivity index (χ0v) is 15.2. The normalized spacial score (nSPS) is 10.9. The summed E-state index contributed by atoms with van der Waals surface area (Å²) in [5, 5.41) is 14.8. The van der Waals surface area contributed by atoms with Crippen molar-refractivity contribution in [3.05, 3.63) is 76.0 Å². The van der Waals surface area contributed by atoms with Crippen LogP contribution in [0, 0.1) is 10.1 Å². The second-order valence-electron chi connectivity index (χ2n) is 5.73. The molecule has 0 amide bonds. The van der Waals surface area contributed by atoms with Gasteiger partial charge in [-0.15, -0.1) is 0 Å². The number of ketones is 1. The van der Waals surface area contributed by atoms with E-state index < -0.39 is 10.7 Å². The molecular weight excluding hydrogens is 366 g/mol. The Labute approximate surface area is 159 Å². The molecule has 0 N–H and O–H groups in total. The number of hydrogen-bond donors (Lipinski definition) is 0. The number of aryl methyl sites for hydroxylation is 1. The summed E-state index contributed by atoms with van der Waals surface area (Å²) >= 11 is 0. The van der Waals surface area contributed by atoms with Crippen LogP contribution in [0.15, 0.2) is 53.1 Å². The highest BCUT2D eigenvalue weighted by Crippen LogP contribution is 2.27. The summed E-state index contributed by atoms with van der Waals surface area (Å²) < 4.78 is 17.7. The number of rotatable bonds is 8. The van der Waals surface area contributed by atoms with Crippen LogP contribution in [0.4, 0.5) is 5.69 Å². The average molecular weight is 383 g/mol. The van der Waals surface area contributed by atoms with Gasteiger partial charge in [-0.05, 0) is 36.4 Å².